The molecule has 140 valence electrons. The molecular weight excluding hydrogens is 368 g/mol. The van der Waals surface area contributed by atoms with E-state index in [9.17, 15) is 19.8 Å². The lowest BCUT2D eigenvalue weighted by Gasteiger charge is -2.23. The van der Waals surface area contributed by atoms with Crippen molar-refractivity contribution in [2.45, 2.75) is 13.0 Å². The molecule has 7 nitrogen and oxygen atoms in total. The maximum Gasteiger partial charge on any atom is 0.342 e. The second kappa shape index (κ2) is 7.63. The summed E-state index contributed by atoms with van der Waals surface area (Å²) in [6.45, 7) is 1.38. The van der Waals surface area contributed by atoms with E-state index in [2.05, 4.69) is 4.98 Å². The molecule has 8 heteroatoms. The van der Waals surface area contributed by atoms with E-state index in [-0.39, 0.29) is 17.4 Å². The Kier molecular flexibility index (Phi) is 5.27. The fourth-order valence-electron chi connectivity index (χ4n) is 2.45. The number of amides is 1. The Balaban J connectivity index is 1.63. The Hall–Kier alpha value is -3.13. The lowest BCUT2D eigenvalue weighted by molar-refractivity contribution is -0.135. The first-order valence-electron chi connectivity index (χ1n) is 8.17. The molecule has 0 unspecified atom stereocenters. The van der Waals surface area contributed by atoms with Gasteiger partial charge in [0.25, 0.3) is 5.91 Å². The zero-order valence-electron chi connectivity index (χ0n) is 14.7. The van der Waals surface area contributed by atoms with Gasteiger partial charge in [0, 0.05) is 13.1 Å². The van der Waals surface area contributed by atoms with E-state index >= 15 is 0 Å². The summed E-state index contributed by atoms with van der Waals surface area (Å²) in [7, 11) is 1.62. The van der Waals surface area contributed by atoms with Crippen molar-refractivity contribution < 1.29 is 24.5 Å². The zero-order valence-corrected chi connectivity index (χ0v) is 15.6. The average molecular weight is 386 g/mol. The fourth-order valence-corrected chi connectivity index (χ4v) is 3.51. The van der Waals surface area contributed by atoms with Crippen LogP contribution in [-0.2, 0) is 9.53 Å². The van der Waals surface area contributed by atoms with Crippen molar-refractivity contribution in [2.24, 2.45) is 0 Å². The van der Waals surface area contributed by atoms with Crippen LogP contribution in [0.5, 0.6) is 11.5 Å². The Morgan fingerprint density at radius 2 is 1.96 bits per heavy atom. The van der Waals surface area contributed by atoms with E-state index in [1.807, 2.05) is 31.2 Å². The molecule has 0 spiro atoms. The van der Waals surface area contributed by atoms with Gasteiger partial charge >= 0.3 is 5.97 Å². The number of carbonyl (C=O) groups is 2. The quantitative estimate of drug-likeness (QED) is 0.654. The largest absolute Gasteiger partial charge is 0.508 e. The van der Waals surface area contributed by atoms with Crippen LogP contribution in [0.1, 0.15) is 28.3 Å². The van der Waals surface area contributed by atoms with Gasteiger partial charge in [0.05, 0.1) is 16.3 Å². The van der Waals surface area contributed by atoms with Crippen LogP contribution < -0.4 is 0 Å². The summed E-state index contributed by atoms with van der Waals surface area (Å²) in [5.41, 5.74) is 0.752. The van der Waals surface area contributed by atoms with E-state index in [0.717, 1.165) is 21.3 Å². The van der Waals surface area contributed by atoms with Gasteiger partial charge in [-0.1, -0.05) is 12.1 Å². The van der Waals surface area contributed by atoms with E-state index in [0.29, 0.717) is 0 Å². The fraction of sp³-hybridized carbons (Fsp3) is 0.211. The van der Waals surface area contributed by atoms with Crippen molar-refractivity contribution in [3.8, 4) is 11.5 Å². The van der Waals surface area contributed by atoms with Crippen molar-refractivity contribution in [1.29, 1.82) is 0 Å². The summed E-state index contributed by atoms with van der Waals surface area (Å²) in [4.78, 5) is 30.4. The number of fused-ring (bicyclic) bond motifs is 1. The van der Waals surface area contributed by atoms with Crippen LogP contribution in [0.25, 0.3) is 10.2 Å². The topological polar surface area (TPSA) is 100.0 Å². The molecule has 27 heavy (non-hydrogen) atoms. The van der Waals surface area contributed by atoms with Crippen molar-refractivity contribution in [3.05, 3.63) is 53.0 Å². The summed E-state index contributed by atoms with van der Waals surface area (Å²) < 4.78 is 6.02. The van der Waals surface area contributed by atoms with Gasteiger partial charge in [0.15, 0.2) is 6.61 Å². The van der Waals surface area contributed by atoms with Crippen LogP contribution in [0.15, 0.2) is 42.5 Å². The number of carbonyl (C=O) groups excluding carboxylic acids is 2. The maximum atomic E-state index is 12.4. The Bertz CT molecular complexity index is 968. The summed E-state index contributed by atoms with van der Waals surface area (Å²) in [5.74, 6) is -1.83. The SMILES string of the molecule is C[C@@H](c1nc2ccccc2s1)N(C)C(=O)COC(=O)c1ccc(O)cc1O. The number of hydrogen-bond acceptors (Lipinski definition) is 7. The third kappa shape index (κ3) is 4.01. The van der Waals surface area contributed by atoms with Crippen molar-refractivity contribution >= 4 is 33.4 Å². The number of aromatic hydroxyl groups is 2. The maximum absolute atomic E-state index is 12.4. The standard InChI is InChI=1S/C19H18N2O5S/c1-11(18-20-14-5-3-4-6-16(14)27-18)21(2)17(24)10-26-19(25)13-8-7-12(22)9-15(13)23/h3-9,11,22-23H,10H2,1-2H3/t11-/m0/s1. The molecule has 0 aliphatic rings. The third-order valence-corrected chi connectivity index (χ3v) is 5.38. The molecule has 0 saturated carbocycles. The third-order valence-electron chi connectivity index (χ3n) is 4.17. The van der Waals surface area contributed by atoms with Gasteiger partial charge in [-0.05, 0) is 31.2 Å². The van der Waals surface area contributed by atoms with E-state index in [4.69, 9.17) is 4.74 Å². The molecule has 3 aromatic rings. The molecule has 0 aliphatic heterocycles. The first-order valence-corrected chi connectivity index (χ1v) is 8.98. The highest BCUT2D eigenvalue weighted by molar-refractivity contribution is 7.18. The molecule has 2 N–H and O–H groups in total. The zero-order chi connectivity index (χ0) is 19.6. The molecular formula is C19H18N2O5S. The van der Waals surface area contributed by atoms with E-state index in [1.165, 1.54) is 28.4 Å². The molecule has 2 aromatic carbocycles. The molecule has 1 atom stereocenters. The van der Waals surface area contributed by atoms with Crippen LogP contribution in [0, 0.1) is 0 Å². The van der Waals surface area contributed by atoms with Gasteiger partial charge < -0.3 is 19.8 Å². The number of phenols is 2. The minimum absolute atomic E-state index is 0.123. The minimum atomic E-state index is -0.845. The van der Waals surface area contributed by atoms with Crippen molar-refractivity contribution in [3.63, 3.8) is 0 Å². The van der Waals surface area contributed by atoms with Gasteiger partial charge in [-0.2, -0.15) is 0 Å². The van der Waals surface area contributed by atoms with Crippen molar-refractivity contribution in [2.75, 3.05) is 13.7 Å². The van der Waals surface area contributed by atoms with Crippen LogP contribution >= 0.6 is 11.3 Å². The average Bonchev–Trinajstić information content (AvgIpc) is 3.08. The molecule has 0 fully saturated rings. The van der Waals surface area contributed by atoms with Gasteiger partial charge in [0.2, 0.25) is 0 Å². The summed E-state index contributed by atoms with van der Waals surface area (Å²) in [6.07, 6.45) is 0. The highest BCUT2D eigenvalue weighted by atomic mass is 32.1. The normalized spacial score (nSPS) is 11.9. The second-order valence-electron chi connectivity index (χ2n) is 5.98. The highest BCUT2D eigenvalue weighted by Gasteiger charge is 2.22. The summed E-state index contributed by atoms with van der Waals surface area (Å²) in [5, 5.41) is 19.7. The number of benzene rings is 2. The van der Waals surface area contributed by atoms with Crippen LogP contribution in [0.4, 0.5) is 0 Å². The number of likely N-dealkylation sites (N-methyl/N-ethyl adjacent to an activating group) is 1. The summed E-state index contributed by atoms with van der Waals surface area (Å²) in [6, 6.07) is 10.9. The molecule has 3 rings (SSSR count). The molecule has 1 aromatic heterocycles. The Morgan fingerprint density at radius 1 is 1.22 bits per heavy atom. The number of hydrogen-bond donors (Lipinski definition) is 2. The van der Waals surface area contributed by atoms with Crippen LogP contribution in [0.2, 0.25) is 0 Å². The van der Waals surface area contributed by atoms with Crippen molar-refractivity contribution in [1.82, 2.24) is 9.88 Å². The number of esters is 1. The predicted molar refractivity (Wildman–Crippen MR) is 101 cm³/mol. The number of nitrogens with zero attached hydrogens (tertiary/aromatic N) is 2. The van der Waals surface area contributed by atoms with E-state index < -0.39 is 24.2 Å². The molecule has 0 aliphatic carbocycles. The van der Waals surface area contributed by atoms with Crippen LogP contribution in [-0.4, -0.2) is 45.6 Å². The summed E-state index contributed by atoms with van der Waals surface area (Å²) >= 11 is 1.51. The van der Waals surface area contributed by atoms with Gasteiger partial charge in [-0.15, -0.1) is 11.3 Å². The first kappa shape index (κ1) is 18.7. The first-order chi connectivity index (χ1) is 12.9. The number of aromatic nitrogens is 1. The second-order valence-corrected chi connectivity index (χ2v) is 7.04. The molecule has 0 radical (unpaired) electrons. The number of thiazole rings is 1. The number of phenolic OH excluding ortho intramolecular Hbond substituents is 2. The lowest BCUT2D eigenvalue weighted by Crippen LogP contribution is -2.33. The number of para-hydroxylation sites is 1. The smallest absolute Gasteiger partial charge is 0.342 e. The van der Waals surface area contributed by atoms with Crippen LogP contribution in [0.3, 0.4) is 0 Å². The molecule has 0 bridgehead atoms. The van der Waals surface area contributed by atoms with E-state index in [1.54, 1.807) is 7.05 Å². The van der Waals surface area contributed by atoms with Gasteiger partial charge in [-0.25, -0.2) is 9.78 Å². The number of rotatable bonds is 5. The molecule has 1 heterocycles. The molecule has 0 saturated heterocycles. The number of ether oxygens (including phenoxy) is 1. The van der Waals surface area contributed by atoms with Gasteiger partial charge in [0.1, 0.15) is 22.1 Å². The highest BCUT2D eigenvalue weighted by Crippen LogP contribution is 2.29. The Morgan fingerprint density at radius 3 is 2.67 bits per heavy atom. The molecule has 1 amide bonds. The Labute approximate surface area is 159 Å². The predicted octanol–water partition coefficient (Wildman–Crippen LogP) is 3.08. The monoisotopic (exact) mass is 386 g/mol. The van der Waals surface area contributed by atoms with Gasteiger partial charge in [-0.3, -0.25) is 4.79 Å². The lowest BCUT2D eigenvalue weighted by atomic mass is 10.2. The minimum Gasteiger partial charge on any atom is -0.508 e.